The van der Waals surface area contributed by atoms with Crippen molar-refractivity contribution in [2.24, 2.45) is 5.41 Å². The standard InChI is InChI=1S/C15H20O/c1-9-7-8-11-12(10(9)2)14(3,4)15(5,6)13(11)16/h7-8H,1-6H3. The van der Waals surface area contributed by atoms with E-state index in [9.17, 15) is 4.79 Å². The fourth-order valence-corrected chi connectivity index (χ4v) is 2.74. The Balaban J connectivity index is 2.84. The van der Waals surface area contributed by atoms with E-state index in [1.54, 1.807) is 0 Å². The van der Waals surface area contributed by atoms with Crippen LogP contribution >= 0.6 is 0 Å². The average Bonchev–Trinajstić information content (AvgIpc) is 2.31. The topological polar surface area (TPSA) is 17.1 Å². The van der Waals surface area contributed by atoms with E-state index in [0.717, 1.165) is 5.56 Å². The first-order valence-electron chi connectivity index (χ1n) is 5.86. The van der Waals surface area contributed by atoms with Crippen molar-refractivity contribution in [3.8, 4) is 0 Å². The lowest BCUT2D eigenvalue weighted by Crippen LogP contribution is -2.36. The smallest absolute Gasteiger partial charge is 0.169 e. The maximum Gasteiger partial charge on any atom is 0.169 e. The number of carbonyl (C=O) groups is 1. The number of carbonyl (C=O) groups excluding carboxylic acids is 1. The Morgan fingerprint density at radius 1 is 0.938 bits per heavy atom. The van der Waals surface area contributed by atoms with Crippen LogP contribution in [0.5, 0.6) is 0 Å². The van der Waals surface area contributed by atoms with Gasteiger partial charge in [0, 0.05) is 16.4 Å². The van der Waals surface area contributed by atoms with Gasteiger partial charge in [0.05, 0.1) is 0 Å². The molecule has 1 aliphatic carbocycles. The van der Waals surface area contributed by atoms with E-state index in [2.05, 4.69) is 47.6 Å². The SMILES string of the molecule is Cc1ccc2c(c1C)C(C)(C)C(C)(C)C2=O. The molecule has 0 bridgehead atoms. The molecular weight excluding hydrogens is 196 g/mol. The minimum Gasteiger partial charge on any atom is -0.294 e. The number of benzene rings is 1. The van der Waals surface area contributed by atoms with Crippen molar-refractivity contribution in [2.75, 3.05) is 0 Å². The summed E-state index contributed by atoms with van der Waals surface area (Å²) in [5.74, 6) is 0.288. The first kappa shape index (κ1) is 11.4. The minimum absolute atomic E-state index is 0.0739. The first-order valence-corrected chi connectivity index (χ1v) is 5.86. The molecule has 86 valence electrons. The summed E-state index contributed by atoms with van der Waals surface area (Å²) in [5.41, 5.74) is 4.36. The van der Waals surface area contributed by atoms with Crippen LogP contribution in [-0.4, -0.2) is 5.78 Å². The van der Waals surface area contributed by atoms with Crippen LogP contribution in [0.4, 0.5) is 0 Å². The molecule has 0 aliphatic heterocycles. The second kappa shape index (κ2) is 2.97. The molecule has 0 aromatic heterocycles. The van der Waals surface area contributed by atoms with Crippen molar-refractivity contribution in [1.82, 2.24) is 0 Å². The summed E-state index contributed by atoms with van der Waals surface area (Å²) in [6.07, 6.45) is 0. The van der Waals surface area contributed by atoms with Crippen LogP contribution in [0.3, 0.4) is 0 Å². The van der Waals surface area contributed by atoms with Crippen LogP contribution in [0.25, 0.3) is 0 Å². The summed E-state index contributed by atoms with van der Waals surface area (Å²) in [5, 5.41) is 0. The van der Waals surface area contributed by atoms with E-state index in [1.165, 1.54) is 16.7 Å². The number of fused-ring (bicyclic) bond motifs is 1. The quantitative estimate of drug-likeness (QED) is 0.644. The highest BCUT2D eigenvalue weighted by molar-refractivity contribution is 6.06. The Morgan fingerprint density at radius 3 is 2.06 bits per heavy atom. The molecule has 0 atom stereocenters. The Kier molecular flexibility index (Phi) is 2.11. The van der Waals surface area contributed by atoms with E-state index in [0.29, 0.717) is 0 Å². The summed E-state index contributed by atoms with van der Waals surface area (Å²) in [7, 11) is 0. The molecule has 0 fully saturated rings. The molecule has 0 saturated heterocycles. The molecule has 1 nitrogen and oxygen atoms in total. The van der Waals surface area contributed by atoms with Gasteiger partial charge in [0.15, 0.2) is 5.78 Å². The molecule has 1 aliphatic rings. The van der Waals surface area contributed by atoms with Gasteiger partial charge in [0.2, 0.25) is 0 Å². The highest BCUT2D eigenvalue weighted by Gasteiger charge is 2.52. The van der Waals surface area contributed by atoms with Gasteiger partial charge in [-0.3, -0.25) is 4.79 Å². The molecule has 0 saturated carbocycles. The highest BCUT2D eigenvalue weighted by atomic mass is 16.1. The fraction of sp³-hybridized carbons (Fsp3) is 0.533. The van der Waals surface area contributed by atoms with Gasteiger partial charge < -0.3 is 0 Å². The number of hydrogen-bond donors (Lipinski definition) is 0. The third kappa shape index (κ3) is 1.09. The number of hydrogen-bond acceptors (Lipinski definition) is 1. The van der Waals surface area contributed by atoms with Crippen molar-refractivity contribution >= 4 is 5.78 Å². The van der Waals surface area contributed by atoms with Gasteiger partial charge in [0.1, 0.15) is 0 Å². The van der Waals surface area contributed by atoms with Crippen LogP contribution in [0.15, 0.2) is 12.1 Å². The zero-order valence-corrected chi connectivity index (χ0v) is 11.1. The summed E-state index contributed by atoms with van der Waals surface area (Å²) in [6, 6.07) is 4.06. The molecule has 0 unspecified atom stereocenters. The lowest BCUT2D eigenvalue weighted by molar-refractivity contribution is 0.0779. The molecule has 0 spiro atoms. The van der Waals surface area contributed by atoms with Crippen LogP contribution in [0.1, 0.15) is 54.7 Å². The van der Waals surface area contributed by atoms with E-state index in [-0.39, 0.29) is 16.6 Å². The Labute approximate surface area is 97.9 Å². The monoisotopic (exact) mass is 216 g/mol. The van der Waals surface area contributed by atoms with Gasteiger partial charge >= 0.3 is 0 Å². The molecule has 0 amide bonds. The minimum atomic E-state index is -0.298. The molecular formula is C15H20O. The van der Waals surface area contributed by atoms with E-state index >= 15 is 0 Å². The lowest BCUT2D eigenvalue weighted by atomic mass is 9.67. The van der Waals surface area contributed by atoms with Crippen molar-refractivity contribution in [3.05, 3.63) is 34.4 Å². The van der Waals surface area contributed by atoms with Crippen LogP contribution in [-0.2, 0) is 5.41 Å². The molecule has 16 heavy (non-hydrogen) atoms. The van der Waals surface area contributed by atoms with Crippen molar-refractivity contribution < 1.29 is 4.79 Å². The van der Waals surface area contributed by atoms with Crippen LogP contribution in [0.2, 0.25) is 0 Å². The van der Waals surface area contributed by atoms with Gasteiger partial charge in [-0.15, -0.1) is 0 Å². The van der Waals surface area contributed by atoms with Gasteiger partial charge in [-0.05, 0) is 30.5 Å². The molecule has 1 heteroatoms. The normalized spacial score (nSPS) is 21.0. The number of aryl methyl sites for hydroxylation is 1. The molecule has 1 aromatic rings. The predicted molar refractivity (Wildman–Crippen MR) is 67.1 cm³/mol. The zero-order valence-electron chi connectivity index (χ0n) is 11.1. The maximum atomic E-state index is 12.4. The van der Waals surface area contributed by atoms with Gasteiger partial charge in [-0.1, -0.05) is 39.8 Å². The molecule has 2 rings (SSSR count). The van der Waals surface area contributed by atoms with E-state index < -0.39 is 0 Å². The summed E-state index contributed by atoms with van der Waals surface area (Å²) in [4.78, 5) is 12.4. The number of Topliss-reactive ketones (excluding diaryl/α,β-unsaturated/α-hetero) is 1. The van der Waals surface area contributed by atoms with Gasteiger partial charge in [-0.2, -0.15) is 0 Å². The summed E-state index contributed by atoms with van der Waals surface area (Å²) < 4.78 is 0. The second-order valence-corrected chi connectivity index (χ2v) is 6.01. The molecule has 1 aromatic carbocycles. The lowest BCUT2D eigenvalue weighted by Gasteiger charge is -2.34. The first-order chi connectivity index (χ1) is 7.21. The highest BCUT2D eigenvalue weighted by Crippen LogP contribution is 2.52. The zero-order chi connectivity index (χ0) is 12.3. The fourth-order valence-electron chi connectivity index (χ4n) is 2.74. The molecule has 0 N–H and O–H groups in total. The number of rotatable bonds is 0. The summed E-state index contributed by atoms with van der Waals surface area (Å²) in [6.45, 7) is 12.7. The Hall–Kier alpha value is -1.11. The van der Waals surface area contributed by atoms with Gasteiger partial charge in [-0.25, -0.2) is 0 Å². The molecule has 0 heterocycles. The van der Waals surface area contributed by atoms with Crippen LogP contribution in [0, 0.1) is 19.3 Å². The Bertz CT molecular complexity index is 478. The van der Waals surface area contributed by atoms with Crippen molar-refractivity contribution in [3.63, 3.8) is 0 Å². The van der Waals surface area contributed by atoms with E-state index in [1.807, 2.05) is 6.07 Å². The molecule has 0 radical (unpaired) electrons. The van der Waals surface area contributed by atoms with Crippen molar-refractivity contribution in [2.45, 2.75) is 47.0 Å². The largest absolute Gasteiger partial charge is 0.294 e. The van der Waals surface area contributed by atoms with Crippen molar-refractivity contribution in [1.29, 1.82) is 0 Å². The average molecular weight is 216 g/mol. The third-order valence-electron chi connectivity index (χ3n) is 4.74. The Morgan fingerprint density at radius 2 is 1.50 bits per heavy atom. The summed E-state index contributed by atoms with van der Waals surface area (Å²) >= 11 is 0. The van der Waals surface area contributed by atoms with E-state index in [4.69, 9.17) is 0 Å². The van der Waals surface area contributed by atoms with Crippen LogP contribution < -0.4 is 0 Å². The number of ketones is 1. The third-order valence-corrected chi connectivity index (χ3v) is 4.74. The van der Waals surface area contributed by atoms with Gasteiger partial charge in [0.25, 0.3) is 0 Å². The second-order valence-electron chi connectivity index (χ2n) is 6.01. The maximum absolute atomic E-state index is 12.4. The predicted octanol–water partition coefficient (Wildman–Crippen LogP) is 3.80.